The Bertz CT molecular complexity index is 1740. The molecule has 6 heteroatoms. The number of fused-ring (bicyclic) bond motifs is 3. The van der Waals surface area contributed by atoms with Gasteiger partial charge in [-0.1, -0.05) is 74.9 Å². The number of esters is 2. The van der Waals surface area contributed by atoms with Crippen molar-refractivity contribution in [2.45, 2.75) is 89.9 Å². The van der Waals surface area contributed by atoms with Crippen molar-refractivity contribution in [2.75, 3.05) is 0 Å². The Labute approximate surface area is 296 Å². The SMILES string of the molecule is C=CCCCCCCCC(=O)Oc1ccc(-c2ccc3ccc4ccc(-c5ccc(OC(=O)CCCCCCCC=C)cc5)nc4c3n2)cc1. The van der Waals surface area contributed by atoms with Crippen LogP contribution in [0.2, 0.25) is 0 Å². The Morgan fingerprint density at radius 3 is 1.24 bits per heavy atom. The Kier molecular flexibility index (Phi) is 13.9. The van der Waals surface area contributed by atoms with Gasteiger partial charge >= 0.3 is 11.9 Å². The maximum absolute atomic E-state index is 12.4. The summed E-state index contributed by atoms with van der Waals surface area (Å²) in [7, 11) is 0. The van der Waals surface area contributed by atoms with E-state index in [-0.39, 0.29) is 11.9 Å². The van der Waals surface area contributed by atoms with Gasteiger partial charge in [-0.05, 0) is 99.2 Å². The predicted octanol–water partition coefficient (Wildman–Crippen LogP) is 11.8. The van der Waals surface area contributed by atoms with Crippen molar-refractivity contribution in [3.8, 4) is 34.0 Å². The molecule has 0 aliphatic rings. The summed E-state index contributed by atoms with van der Waals surface area (Å²) in [5.41, 5.74) is 5.10. The quantitative estimate of drug-likeness (QED) is 0.0270. The summed E-state index contributed by atoms with van der Waals surface area (Å²) in [6.07, 6.45) is 17.5. The minimum absolute atomic E-state index is 0.201. The monoisotopic (exact) mass is 668 g/mol. The first-order valence-electron chi connectivity index (χ1n) is 18.1. The lowest BCUT2D eigenvalue weighted by Crippen LogP contribution is -2.07. The van der Waals surface area contributed by atoms with Crippen molar-refractivity contribution in [2.24, 2.45) is 0 Å². The van der Waals surface area contributed by atoms with E-state index in [0.717, 1.165) is 109 Å². The molecule has 0 N–H and O–H groups in total. The highest BCUT2D eigenvalue weighted by molar-refractivity contribution is 6.04. The van der Waals surface area contributed by atoms with E-state index in [4.69, 9.17) is 19.4 Å². The number of nitrogens with zero attached hydrogens (tertiary/aromatic N) is 2. The molecule has 0 bridgehead atoms. The standard InChI is InChI=1S/C44H48N2O4/c1-3-5-7-9-11-13-15-17-41(47)49-37-27-21-33(22-28-37)39-31-25-35-19-20-36-26-32-40(46-44(36)43(35)45-39)34-23-29-38(30-24-34)50-42(48)18-16-14-12-10-8-6-4-2/h3-4,19-32H,1-2,5-18H2. The lowest BCUT2D eigenvalue weighted by atomic mass is 10.1. The molecule has 0 aliphatic heterocycles. The van der Waals surface area contributed by atoms with E-state index >= 15 is 0 Å². The fourth-order valence-electron chi connectivity index (χ4n) is 6.02. The van der Waals surface area contributed by atoms with E-state index < -0.39 is 0 Å². The van der Waals surface area contributed by atoms with Crippen LogP contribution >= 0.6 is 0 Å². The van der Waals surface area contributed by atoms with Gasteiger partial charge in [0.1, 0.15) is 11.5 Å². The summed E-state index contributed by atoms with van der Waals surface area (Å²) < 4.78 is 11.2. The van der Waals surface area contributed by atoms with Crippen LogP contribution in [-0.2, 0) is 9.59 Å². The Hall–Kier alpha value is -5.10. The maximum Gasteiger partial charge on any atom is 0.311 e. The van der Waals surface area contributed by atoms with Crippen molar-refractivity contribution in [3.63, 3.8) is 0 Å². The molecule has 5 rings (SSSR count). The molecule has 0 amide bonds. The molecule has 0 saturated heterocycles. The fraction of sp³-hybridized carbons (Fsp3) is 0.318. The van der Waals surface area contributed by atoms with Crippen molar-refractivity contribution >= 4 is 33.7 Å². The maximum atomic E-state index is 12.4. The van der Waals surface area contributed by atoms with Gasteiger partial charge in [-0.15, -0.1) is 13.2 Å². The van der Waals surface area contributed by atoms with Gasteiger partial charge in [0.05, 0.1) is 22.4 Å². The summed E-state index contributed by atoms with van der Waals surface area (Å²) in [5, 5.41) is 1.99. The minimum atomic E-state index is -0.201. The predicted molar refractivity (Wildman–Crippen MR) is 204 cm³/mol. The second kappa shape index (κ2) is 19.2. The molecule has 2 heterocycles. The fourth-order valence-corrected chi connectivity index (χ4v) is 6.02. The number of carbonyl (C=O) groups excluding carboxylic acids is 2. The van der Waals surface area contributed by atoms with Crippen molar-refractivity contribution in [1.82, 2.24) is 9.97 Å². The third kappa shape index (κ3) is 10.7. The van der Waals surface area contributed by atoms with Crippen LogP contribution in [0.1, 0.15) is 89.9 Å². The molecule has 2 aromatic heterocycles. The third-order valence-corrected chi connectivity index (χ3v) is 8.86. The second-order valence-corrected chi connectivity index (χ2v) is 12.8. The van der Waals surface area contributed by atoms with Crippen LogP contribution in [0.4, 0.5) is 0 Å². The number of aromatic nitrogens is 2. The number of rotatable bonds is 20. The molecule has 3 aromatic carbocycles. The van der Waals surface area contributed by atoms with Gasteiger partial charge in [-0.3, -0.25) is 9.59 Å². The highest BCUT2D eigenvalue weighted by atomic mass is 16.5. The average molecular weight is 669 g/mol. The van der Waals surface area contributed by atoms with Gasteiger partial charge in [0.15, 0.2) is 0 Å². The molecule has 0 atom stereocenters. The van der Waals surface area contributed by atoms with Gasteiger partial charge in [0.2, 0.25) is 0 Å². The number of benzene rings is 3. The van der Waals surface area contributed by atoms with Crippen LogP contribution in [0.15, 0.2) is 110 Å². The van der Waals surface area contributed by atoms with Crippen LogP contribution < -0.4 is 9.47 Å². The van der Waals surface area contributed by atoms with E-state index in [9.17, 15) is 9.59 Å². The smallest absolute Gasteiger partial charge is 0.311 e. The zero-order chi connectivity index (χ0) is 35.0. The van der Waals surface area contributed by atoms with Gasteiger partial charge < -0.3 is 9.47 Å². The molecule has 0 aliphatic carbocycles. The van der Waals surface area contributed by atoms with Crippen LogP contribution in [0, 0.1) is 0 Å². The van der Waals surface area contributed by atoms with E-state index in [1.54, 1.807) is 0 Å². The van der Waals surface area contributed by atoms with Crippen LogP contribution in [0.3, 0.4) is 0 Å². The van der Waals surface area contributed by atoms with Gasteiger partial charge in [-0.2, -0.15) is 0 Å². The average Bonchev–Trinajstić information content (AvgIpc) is 3.14. The first-order valence-corrected chi connectivity index (χ1v) is 18.1. The lowest BCUT2D eigenvalue weighted by molar-refractivity contribution is -0.135. The summed E-state index contributed by atoms with van der Waals surface area (Å²) in [6.45, 7) is 7.51. The highest BCUT2D eigenvalue weighted by Crippen LogP contribution is 2.30. The molecule has 6 nitrogen and oxygen atoms in total. The van der Waals surface area contributed by atoms with Crippen molar-refractivity contribution < 1.29 is 19.1 Å². The molecule has 0 fully saturated rings. The Morgan fingerprint density at radius 1 is 0.480 bits per heavy atom. The summed E-state index contributed by atoms with van der Waals surface area (Å²) in [6, 6.07) is 27.2. The number of hydrogen-bond donors (Lipinski definition) is 0. The van der Waals surface area contributed by atoms with Crippen molar-refractivity contribution in [1.29, 1.82) is 0 Å². The van der Waals surface area contributed by atoms with Crippen LogP contribution in [0.25, 0.3) is 44.3 Å². The summed E-state index contributed by atoms with van der Waals surface area (Å²) in [4.78, 5) is 34.8. The normalized spacial score (nSPS) is 11.0. The first-order chi connectivity index (χ1) is 24.5. The topological polar surface area (TPSA) is 78.4 Å². The molecule has 50 heavy (non-hydrogen) atoms. The number of carbonyl (C=O) groups is 2. The van der Waals surface area contributed by atoms with Crippen LogP contribution in [0.5, 0.6) is 11.5 Å². The molecule has 258 valence electrons. The zero-order valence-electron chi connectivity index (χ0n) is 29.1. The first kappa shape index (κ1) is 36.2. The number of unbranched alkanes of at least 4 members (excludes halogenated alkanes) is 10. The van der Waals surface area contributed by atoms with Gasteiger partial charge in [0.25, 0.3) is 0 Å². The van der Waals surface area contributed by atoms with Gasteiger partial charge in [0, 0.05) is 34.7 Å². The van der Waals surface area contributed by atoms with E-state index in [1.165, 1.54) is 12.8 Å². The summed E-state index contributed by atoms with van der Waals surface area (Å²) >= 11 is 0. The molecule has 0 radical (unpaired) electrons. The number of allylic oxidation sites excluding steroid dienone is 2. The van der Waals surface area contributed by atoms with Crippen molar-refractivity contribution in [3.05, 3.63) is 110 Å². The molecule has 5 aromatic rings. The van der Waals surface area contributed by atoms with Crippen LogP contribution in [-0.4, -0.2) is 21.9 Å². The number of hydrogen-bond acceptors (Lipinski definition) is 6. The number of ether oxygens (including phenoxy) is 2. The molecule has 0 saturated carbocycles. The number of pyridine rings is 2. The van der Waals surface area contributed by atoms with E-state index in [1.807, 2.05) is 72.8 Å². The lowest BCUT2D eigenvalue weighted by Gasteiger charge is -2.09. The minimum Gasteiger partial charge on any atom is -0.427 e. The van der Waals surface area contributed by atoms with Gasteiger partial charge in [-0.25, -0.2) is 9.97 Å². The third-order valence-electron chi connectivity index (χ3n) is 8.86. The highest BCUT2D eigenvalue weighted by Gasteiger charge is 2.11. The zero-order valence-corrected chi connectivity index (χ0v) is 29.1. The molecule has 0 unspecified atom stereocenters. The van der Waals surface area contributed by atoms with E-state index in [0.29, 0.717) is 24.3 Å². The second-order valence-electron chi connectivity index (χ2n) is 12.8. The Morgan fingerprint density at radius 2 is 0.840 bits per heavy atom. The van der Waals surface area contributed by atoms with E-state index in [2.05, 4.69) is 37.4 Å². The Balaban J connectivity index is 1.20. The molecular weight excluding hydrogens is 620 g/mol. The summed E-state index contributed by atoms with van der Waals surface area (Å²) in [5.74, 6) is 0.670. The largest absolute Gasteiger partial charge is 0.427 e. The molecular formula is C44H48N2O4. The molecule has 0 spiro atoms.